The van der Waals surface area contributed by atoms with E-state index in [1.165, 1.54) is 0 Å². The van der Waals surface area contributed by atoms with Gasteiger partial charge < -0.3 is 15.4 Å². The quantitative estimate of drug-likeness (QED) is 0.538. The lowest BCUT2D eigenvalue weighted by Gasteiger charge is -2.28. The summed E-state index contributed by atoms with van der Waals surface area (Å²) in [7, 11) is 0. The number of hydrogen-bond acceptors (Lipinski definition) is 7. The zero-order chi connectivity index (χ0) is 21.8. The number of thioether (sulfide) groups is 1. The highest BCUT2D eigenvalue weighted by molar-refractivity contribution is 7.99. The first kappa shape index (κ1) is 20.9. The van der Waals surface area contributed by atoms with Crippen LogP contribution in [0.3, 0.4) is 0 Å². The molecule has 3 heterocycles. The summed E-state index contributed by atoms with van der Waals surface area (Å²) in [5, 5.41) is 11.6. The maximum Gasteiger partial charge on any atom is 0.255 e. The van der Waals surface area contributed by atoms with Crippen molar-refractivity contribution in [1.82, 2.24) is 19.7 Å². The van der Waals surface area contributed by atoms with Gasteiger partial charge in [0.1, 0.15) is 11.8 Å². The smallest absolute Gasteiger partial charge is 0.255 e. The number of carbonyl (C=O) groups is 1. The van der Waals surface area contributed by atoms with Gasteiger partial charge in [-0.1, -0.05) is 30.8 Å². The molecule has 0 spiro atoms. The van der Waals surface area contributed by atoms with Gasteiger partial charge in [-0.15, -0.1) is 5.10 Å². The third kappa shape index (κ3) is 4.27. The van der Waals surface area contributed by atoms with Gasteiger partial charge >= 0.3 is 0 Å². The third-order valence-corrected chi connectivity index (χ3v) is 5.53. The summed E-state index contributed by atoms with van der Waals surface area (Å²) >= 11 is 1.56. The molecule has 1 aromatic carbocycles. The van der Waals surface area contributed by atoms with Gasteiger partial charge in [-0.05, 0) is 49.4 Å². The molecule has 1 atom stereocenters. The minimum Gasteiger partial charge on any atom is -0.492 e. The van der Waals surface area contributed by atoms with Gasteiger partial charge in [0.05, 0.1) is 17.9 Å². The van der Waals surface area contributed by atoms with Crippen molar-refractivity contribution in [3.8, 4) is 5.75 Å². The van der Waals surface area contributed by atoms with Crippen LogP contribution in [0.25, 0.3) is 0 Å². The molecule has 0 aliphatic carbocycles. The normalized spacial score (nSPS) is 15.3. The van der Waals surface area contributed by atoms with Gasteiger partial charge in [0, 0.05) is 18.1 Å². The molecule has 160 valence electrons. The van der Waals surface area contributed by atoms with Gasteiger partial charge in [0.2, 0.25) is 11.1 Å². The standard InChI is InChI=1S/C22H24N6O2S/c1-4-30-17-9-7-6-8-16(17)25-20(29)18-14(3)24-21-26-22(31-5-2)27-28(21)19(18)15-10-12-23-13-11-15/h6-13,19H,4-5H2,1-3H3,(H,25,29)(H,24,26,27). The number of amides is 1. The van der Waals surface area contributed by atoms with Crippen molar-refractivity contribution >= 4 is 29.3 Å². The SMILES string of the molecule is CCOc1ccccc1NC(=O)C1=C(C)Nc2nc(SCC)nn2C1c1ccncc1. The number of ether oxygens (including phenoxy) is 1. The Labute approximate surface area is 185 Å². The highest BCUT2D eigenvalue weighted by Gasteiger charge is 2.34. The van der Waals surface area contributed by atoms with E-state index in [1.54, 1.807) is 28.8 Å². The minimum absolute atomic E-state index is 0.232. The van der Waals surface area contributed by atoms with Crippen molar-refractivity contribution < 1.29 is 9.53 Å². The van der Waals surface area contributed by atoms with E-state index in [2.05, 4.69) is 32.6 Å². The van der Waals surface area contributed by atoms with E-state index < -0.39 is 6.04 Å². The van der Waals surface area contributed by atoms with Gasteiger partial charge in [0.15, 0.2) is 0 Å². The molecule has 31 heavy (non-hydrogen) atoms. The molecule has 1 aliphatic heterocycles. The third-order valence-electron chi connectivity index (χ3n) is 4.81. The summed E-state index contributed by atoms with van der Waals surface area (Å²) in [6.45, 7) is 6.35. The van der Waals surface area contributed by atoms with Crippen molar-refractivity contribution in [2.24, 2.45) is 0 Å². The van der Waals surface area contributed by atoms with Crippen molar-refractivity contribution in [2.75, 3.05) is 23.0 Å². The van der Waals surface area contributed by atoms with Crippen LogP contribution in [-0.2, 0) is 4.79 Å². The summed E-state index contributed by atoms with van der Waals surface area (Å²) in [4.78, 5) is 22.2. The second-order valence-corrected chi connectivity index (χ2v) is 8.06. The lowest BCUT2D eigenvalue weighted by Crippen LogP contribution is -2.31. The molecule has 8 nitrogen and oxygen atoms in total. The van der Waals surface area contributed by atoms with E-state index in [1.807, 2.05) is 50.2 Å². The number of rotatable bonds is 7. The van der Waals surface area contributed by atoms with Crippen LogP contribution < -0.4 is 15.4 Å². The van der Waals surface area contributed by atoms with Crippen LogP contribution in [-0.4, -0.2) is 38.0 Å². The van der Waals surface area contributed by atoms with Crippen molar-refractivity contribution in [3.63, 3.8) is 0 Å². The Morgan fingerprint density at radius 2 is 2.00 bits per heavy atom. The number of para-hydroxylation sites is 2. The molecule has 1 unspecified atom stereocenters. The van der Waals surface area contributed by atoms with Crippen LogP contribution in [0.4, 0.5) is 11.6 Å². The second-order valence-electron chi connectivity index (χ2n) is 6.83. The van der Waals surface area contributed by atoms with Crippen molar-refractivity contribution in [1.29, 1.82) is 0 Å². The number of anilines is 2. The second kappa shape index (κ2) is 9.22. The molecule has 0 radical (unpaired) electrons. The fourth-order valence-corrected chi connectivity index (χ4v) is 4.07. The number of benzene rings is 1. The number of hydrogen-bond donors (Lipinski definition) is 2. The Bertz CT molecular complexity index is 1110. The zero-order valence-electron chi connectivity index (χ0n) is 17.6. The number of pyridine rings is 1. The zero-order valence-corrected chi connectivity index (χ0v) is 18.4. The Kier molecular flexibility index (Phi) is 6.22. The molecule has 3 aromatic rings. The Balaban J connectivity index is 1.75. The van der Waals surface area contributed by atoms with Gasteiger partial charge in [0.25, 0.3) is 5.91 Å². The first-order valence-electron chi connectivity index (χ1n) is 10.1. The van der Waals surface area contributed by atoms with E-state index >= 15 is 0 Å². The fraction of sp³-hybridized carbons (Fsp3) is 0.273. The predicted molar refractivity (Wildman–Crippen MR) is 121 cm³/mol. The Morgan fingerprint density at radius 3 is 2.74 bits per heavy atom. The lowest BCUT2D eigenvalue weighted by molar-refractivity contribution is -0.113. The van der Waals surface area contributed by atoms with Gasteiger partial charge in [-0.2, -0.15) is 4.98 Å². The molecule has 1 aliphatic rings. The Morgan fingerprint density at radius 1 is 1.23 bits per heavy atom. The molecule has 2 N–H and O–H groups in total. The minimum atomic E-state index is -0.433. The maximum atomic E-state index is 13.5. The van der Waals surface area contributed by atoms with Gasteiger partial charge in [-0.25, -0.2) is 4.68 Å². The molecule has 2 aromatic heterocycles. The average Bonchev–Trinajstić information content (AvgIpc) is 3.17. The molecule has 0 fully saturated rings. The molecule has 1 amide bonds. The number of fused-ring (bicyclic) bond motifs is 1. The summed E-state index contributed by atoms with van der Waals surface area (Å²) in [6, 6.07) is 10.8. The maximum absolute atomic E-state index is 13.5. The van der Waals surface area contributed by atoms with Crippen LogP contribution >= 0.6 is 11.8 Å². The Hall–Kier alpha value is -3.33. The summed E-state index contributed by atoms with van der Waals surface area (Å²) in [6.07, 6.45) is 3.43. The summed E-state index contributed by atoms with van der Waals surface area (Å²) in [5.41, 5.74) is 2.80. The van der Waals surface area contributed by atoms with Crippen LogP contribution in [0, 0.1) is 0 Å². The lowest BCUT2D eigenvalue weighted by atomic mass is 9.96. The topological polar surface area (TPSA) is 94.0 Å². The number of aromatic nitrogens is 4. The van der Waals surface area contributed by atoms with E-state index in [9.17, 15) is 4.79 Å². The van der Waals surface area contributed by atoms with E-state index in [0.717, 1.165) is 17.0 Å². The molecule has 9 heteroatoms. The monoisotopic (exact) mass is 436 g/mol. The van der Waals surface area contributed by atoms with E-state index in [4.69, 9.17) is 4.74 Å². The molecule has 4 rings (SSSR count). The van der Waals surface area contributed by atoms with Crippen molar-refractivity contribution in [3.05, 3.63) is 65.6 Å². The van der Waals surface area contributed by atoms with Crippen LogP contribution in [0.2, 0.25) is 0 Å². The van der Waals surface area contributed by atoms with E-state index in [-0.39, 0.29) is 5.91 Å². The van der Waals surface area contributed by atoms with E-state index in [0.29, 0.717) is 34.7 Å². The summed E-state index contributed by atoms with van der Waals surface area (Å²) < 4.78 is 7.43. The number of allylic oxidation sites excluding steroid dienone is 1. The van der Waals surface area contributed by atoms with Crippen LogP contribution in [0.15, 0.2) is 65.2 Å². The first-order valence-corrected chi connectivity index (χ1v) is 11.1. The predicted octanol–water partition coefficient (Wildman–Crippen LogP) is 4.11. The number of nitrogens with one attached hydrogen (secondary N) is 2. The van der Waals surface area contributed by atoms with Crippen molar-refractivity contribution in [2.45, 2.75) is 32.0 Å². The fourth-order valence-electron chi connectivity index (χ4n) is 3.51. The van der Waals surface area contributed by atoms with Crippen LogP contribution in [0.5, 0.6) is 5.75 Å². The highest BCUT2D eigenvalue weighted by Crippen LogP contribution is 2.37. The average molecular weight is 437 g/mol. The first-order chi connectivity index (χ1) is 15.1. The van der Waals surface area contributed by atoms with Crippen LogP contribution in [0.1, 0.15) is 32.4 Å². The summed E-state index contributed by atoms with van der Waals surface area (Å²) in [5.74, 6) is 1.87. The van der Waals surface area contributed by atoms with Gasteiger partial charge in [-0.3, -0.25) is 9.78 Å². The number of carbonyl (C=O) groups excluding carboxylic acids is 1. The number of nitrogens with zero attached hydrogens (tertiary/aromatic N) is 4. The molecule has 0 bridgehead atoms. The molecule has 0 saturated carbocycles. The largest absolute Gasteiger partial charge is 0.492 e. The molecular weight excluding hydrogens is 412 g/mol. The molecular formula is C22H24N6O2S. The molecule has 0 saturated heterocycles. The highest BCUT2D eigenvalue weighted by atomic mass is 32.2.